The van der Waals surface area contributed by atoms with Gasteiger partial charge in [0.2, 0.25) is 17.7 Å². The van der Waals surface area contributed by atoms with Crippen molar-refractivity contribution in [1.29, 1.82) is 0 Å². The third-order valence-corrected chi connectivity index (χ3v) is 7.77. The van der Waals surface area contributed by atoms with E-state index in [0.29, 0.717) is 11.6 Å². The highest BCUT2D eigenvalue weighted by Crippen LogP contribution is 2.35. The molecule has 9 heteroatoms. The quantitative estimate of drug-likeness (QED) is 0.471. The number of aromatic nitrogens is 1. The molecule has 3 rings (SSSR count). The third-order valence-electron chi connectivity index (χ3n) is 6.80. The van der Waals surface area contributed by atoms with Crippen molar-refractivity contribution in [3.8, 4) is 10.4 Å². The van der Waals surface area contributed by atoms with Gasteiger partial charge < -0.3 is 20.6 Å². The van der Waals surface area contributed by atoms with E-state index in [1.807, 2.05) is 45.9 Å². The van der Waals surface area contributed by atoms with E-state index in [1.165, 1.54) is 18.3 Å². The molecule has 8 nitrogen and oxygen atoms in total. The smallest absolute Gasteiger partial charge is 0.243 e. The van der Waals surface area contributed by atoms with Crippen LogP contribution in [0.2, 0.25) is 0 Å². The molecular weight excluding hydrogens is 488 g/mol. The summed E-state index contributed by atoms with van der Waals surface area (Å²) >= 11 is 1.53. The van der Waals surface area contributed by atoms with E-state index >= 15 is 0 Å². The van der Waals surface area contributed by atoms with Gasteiger partial charge in [-0.05, 0) is 41.9 Å². The Labute approximate surface area is 223 Å². The molecule has 0 spiro atoms. The van der Waals surface area contributed by atoms with E-state index in [0.717, 1.165) is 28.1 Å². The number of carbonyl (C=O) groups is 3. The zero-order valence-electron chi connectivity index (χ0n) is 22.9. The minimum atomic E-state index is -0.740. The third kappa shape index (κ3) is 7.17. The van der Waals surface area contributed by atoms with Crippen LogP contribution < -0.4 is 10.6 Å². The van der Waals surface area contributed by atoms with Crippen LogP contribution in [0.25, 0.3) is 10.4 Å². The summed E-state index contributed by atoms with van der Waals surface area (Å²) in [5.74, 6) is -0.515. The summed E-state index contributed by atoms with van der Waals surface area (Å²) < 4.78 is 0. The van der Waals surface area contributed by atoms with Gasteiger partial charge in [-0.1, -0.05) is 46.8 Å². The Balaban J connectivity index is 1.78. The predicted molar refractivity (Wildman–Crippen MR) is 147 cm³/mol. The summed E-state index contributed by atoms with van der Waals surface area (Å²) in [7, 11) is 0. The van der Waals surface area contributed by atoms with E-state index in [1.54, 1.807) is 10.4 Å². The minimum Gasteiger partial charge on any atom is -0.391 e. The zero-order valence-corrected chi connectivity index (χ0v) is 23.7. The molecule has 0 saturated carbocycles. The molecule has 37 heavy (non-hydrogen) atoms. The topological polar surface area (TPSA) is 112 Å². The number of hydrogen-bond acceptors (Lipinski definition) is 6. The van der Waals surface area contributed by atoms with Gasteiger partial charge in [-0.15, -0.1) is 11.3 Å². The maximum atomic E-state index is 13.6. The molecule has 2 heterocycles. The van der Waals surface area contributed by atoms with Gasteiger partial charge in [-0.2, -0.15) is 0 Å². The van der Waals surface area contributed by atoms with Crippen LogP contribution in [0.4, 0.5) is 5.69 Å². The number of nitrogens with zero attached hydrogens (tertiary/aromatic N) is 2. The Hall–Kier alpha value is -2.78. The van der Waals surface area contributed by atoms with Gasteiger partial charge in [-0.3, -0.25) is 14.4 Å². The number of anilines is 1. The Morgan fingerprint density at radius 3 is 2.51 bits per heavy atom. The van der Waals surface area contributed by atoms with Crippen LogP contribution >= 0.6 is 11.3 Å². The molecule has 0 unspecified atom stereocenters. The fourth-order valence-corrected chi connectivity index (χ4v) is 5.66. The second kappa shape index (κ2) is 11.7. The van der Waals surface area contributed by atoms with Gasteiger partial charge in [0.1, 0.15) is 6.04 Å². The first-order chi connectivity index (χ1) is 17.3. The highest BCUT2D eigenvalue weighted by molar-refractivity contribution is 7.13. The first kappa shape index (κ1) is 28.8. The van der Waals surface area contributed by atoms with Crippen molar-refractivity contribution in [2.24, 2.45) is 17.3 Å². The molecule has 3 amide bonds. The minimum absolute atomic E-state index is 0.0823. The van der Waals surface area contributed by atoms with Crippen LogP contribution in [-0.2, 0) is 20.9 Å². The number of aliphatic hydroxyl groups is 1. The number of likely N-dealkylation sites (tertiary alicyclic amines) is 1. The lowest BCUT2D eigenvalue weighted by atomic mass is 9.75. The molecule has 1 fully saturated rings. The summed E-state index contributed by atoms with van der Waals surface area (Å²) in [5.41, 5.74) is 4.73. The van der Waals surface area contributed by atoms with Crippen molar-refractivity contribution < 1.29 is 19.5 Å². The van der Waals surface area contributed by atoms with Crippen molar-refractivity contribution in [2.45, 2.75) is 80.0 Å². The molecule has 202 valence electrons. The van der Waals surface area contributed by atoms with Gasteiger partial charge >= 0.3 is 0 Å². The van der Waals surface area contributed by atoms with Crippen LogP contribution in [-0.4, -0.2) is 51.4 Å². The van der Waals surface area contributed by atoms with Crippen molar-refractivity contribution in [3.05, 3.63) is 35.0 Å². The van der Waals surface area contributed by atoms with Crippen LogP contribution in [0.1, 0.15) is 65.6 Å². The molecule has 1 saturated heterocycles. The van der Waals surface area contributed by atoms with Crippen molar-refractivity contribution in [2.75, 3.05) is 11.9 Å². The van der Waals surface area contributed by atoms with Crippen molar-refractivity contribution in [1.82, 2.24) is 15.2 Å². The number of thiazole rings is 1. The Kier molecular flexibility index (Phi) is 9.13. The lowest BCUT2D eigenvalue weighted by Crippen LogP contribution is -2.50. The fraction of sp³-hybridized carbons (Fsp3) is 0.571. The lowest BCUT2D eigenvalue weighted by Gasteiger charge is -2.36. The van der Waals surface area contributed by atoms with Crippen molar-refractivity contribution in [3.63, 3.8) is 0 Å². The number of hydrogen-bond donors (Lipinski definition) is 3. The van der Waals surface area contributed by atoms with Gasteiger partial charge in [0, 0.05) is 38.0 Å². The highest BCUT2D eigenvalue weighted by atomic mass is 32.1. The molecule has 1 aromatic heterocycles. The maximum Gasteiger partial charge on any atom is 0.243 e. The number of nitrogens with one attached hydrogen (secondary N) is 2. The first-order valence-electron chi connectivity index (χ1n) is 12.8. The van der Waals surface area contributed by atoms with Crippen LogP contribution in [0.5, 0.6) is 0 Å². The van der Waals surface area contributed by atoms with Crippen LogP contribution in [0, 0.1) is 24.2 Å². The van der Waals surface area contributed by atoms with Gasteiger partial charge in [-0.25, -0.2) is 4.98 Å². The number of amides is 3. The van der Waals surface area contributed by atoms with Crippen LogP contribution in [0.3, 0.4) is 0 Å². The number of aryl methyl sites for hydroxylation is 1. The number of benzene rings is 1. The predicted octanol–water partition coefficient (Wildman–Crippen LogP) is 4.36. The molecular formula is C28H40N4O4S. The molecule has 0 aliphatic carbocycles. The molecule has 3 atom stereocenters. The summed E-state index contributed by atoms with van der Waals surface area (Å²) in [6.07, 6.45) is 0.184. The second-order valence-corrected chi connectivity index (χ2v) is 12.3. The largest absolute Gasteiger partial charge is 0.391 e. The highest BCUT2D eigenvalue weighted by Gasteiger charge is 2.43. The number of rotatable bonds is 8. The first-order valence-corrected chi connectivity index (χ1v) is 13.7. The fourth-order valence-electron chi connectivity index (χ4n) is 4.86. The van der Waals surface area contributed by atoms with E-state index in [-0.39, 0.29) is 48.6 Å². The standard InChI is InChI=1S/C28H40N4O4S/c1-16(2)10-22(28(5,6)7)27(36)32-14-21(34)12-24(32)26(35)29-13-20-9-8-19(11-23(20)31-18(4)33)25-17(3)30-15-37-25/h8-9,11,15-16,21-22,24,34H,10,12-14H2,1-7H3,(H,29,35)(H,31,33)/t21-,22-,24+/m1/s1. The lowest BCUT2D eigenvalue weighted by molar-refractivity contribution is -0.145. The molecule has 3 N–H and O–H groups in total. The summed E-state index contributed by atoms with van der Waals surface area (Å²) in [6, 6.07) is 4.98. The summed E-state index contributed by atoms with van der Waals surface area (Å²) in [6.45, 7) is 14.0. The molecule has 0 bridgehead atoms. The van der Waals surface area contributed by atoms with E-state index in [2.05, 4.69) is 29.5 Å². The number of aliphatic hydroxyl groups excluding tert-OH is 1. The monoisotopic (exact) mass is 528 g/mol. The van der Waals surface area contributed by atoms with Crippen molar-refractivity contribution >= 4 is 34.7 Å². The Morgan fingerprint density at radius 2 is 1.95 bits per heavy atom. The molecule has 0 radical (unpaired) electrons. The number of β-amino-alcohol motifs (C(OH)–C–C–N with tert-alkyl or cyclic N) is 1. The van der Waals surface area contributed by atoms with Gasteiger partial charge in [0.25, 0.3) is 0 Å². The molecule has 1 aliphatic rings. The Morgan fingerprint density at radius 1 is 1.24 bits per heavy atom. The normalized spacial score (nSPS) is 18.7. The summed E-state index contributed by atoms with van der Waals surface area (Å²) in [4.78, 5) is 45.6. The average Bonchev–Trinajstić information content (AvgIpc) is 3.40. The molecule has 1 aliphatic heterocycles. The van der Waals surface area contributed by atoms with Gasteiger partial charge in [0.15, 0.2) is 0 Å². The molecule has 1 aromatic carbocycles. The molecule has 2 aromatic rings. The Bertz CT molecular complexity index is 1140. The second-order valence-electron chi connectivity index (χ2n) is 11.5. The average molecular weight is 529 g/mol. The maximum absolute atomic E-state index is 13.6. The zero-order chi connectivity index (χ0) is 27.5. The number of carbonyl (C=O) groups excluding carboxylic acids is 3. The SMILES string of the molecule is CC(=O)Nc1cc(-c2scnc2C)ccc1CNC(=O)[C@@H]1C[C@@H](O)CN1C(=O)[C@@H](CC(C)C)C(C)(C)C. The van der Waals surface area contributed by atoms with E-state index < -0.39 is 12.1 Å². The van der Waals surface area contributed by atoms with E-state index in [9.17, 15) is 19.5 Å². The summed E-state index contributed by atoms with van der Waals surface area (Å²) in [5, 5.41) is 16.2. The van der Waals surface area contributed by atoms with Crippen LogP contribution in [0.15, 0.2) is 23.7 Å². The van der Waals surface area contributed by atoms with E-state index in [4.69, 9.17) is 0 Å². The van der Waals surface area contributed by atoms with Gasteiger partial charge in [0.05, 0.1) is 22.2 Å².